The Morgan fingerprint density at radius 2 is 1.82 bits per heavy atom. The molecule has 5 nitrogen and oxygen atoms in total. The van der Waals surface area contributed by atoms with E-state index in [4.69, 9.17) is 11.6 Å². The lowest BCUT2D eigenvalue weighted by atomic mass is 9.98. The predicted octanol–water partition coefficient (Wildman–Crippen LogP) is 3.35. The summed E-state index contributed by atoms with van der Waals surface area (Å²) in [7, 11) is 0. The highest BCUT2D eigenvalue weighted by atomic mass is 35.5. The fraction of sp³-hybridized carbons (Fsp3) is 0.312. The fourth-order valence-corrected chi connectivity index (χ4v) is 3.36. The van der Waals surface area contributed by atoms with Gasteiger partial charge in [0.2, 0.25) is 0 Å². The van der Waals surface area contributed by atoms with Crippen molar-refractivity contribution in [1.29, 1.82) is 0 Å². The minimum Gasteiger partial charge on any atom is -0.278 e. The zero-order chi connectivity index (χ0) is 15.3. The number of aliphatic imine (C=N–C) groups is 1. The Kier molecular flexibility index (Phi) is 3.04. The Morgan fingerprint density at radius 1 is 1.09 bits per heavy atom. The zero-order valence-corrected chi connectivity index (χ0v) is 12.6. The monoisotopic (exact) mass is 315 g/mol. The summed E-state index contributed by atoms with van der Waals surface area (Å²) in [6.07, 6.45) is 5.38. The Hall–Kier alpha value is -2.14. The maximum atomic E-state index is 12.8. The molecule has 22 heavy (non-hydrogen) atoms. The van der Waals surface area contributed by atoms with E-state index in [9.17, 15) is 9.59 Å². The fourth-order valence-electron chi connectivity index (χ4n) is 3.24. The van der Waals surface area contributed by atoms with Crippen molar-refractivity contribution in [2.24, 2.45) is 4.99 Å². The number of anilines is 1. The molecule has 1 fully saturated rings. The molecule has 112 valence electrons. The summed E-state index contributed by atoms with van der Waals surface area (Å²) in [6, 6.07) is 5.81. The van der Waals surface area contributed by atoms with Crippen molar-refractivity contribution < 1.29 is 9.59 Å². The normalized spacial score (nSPS) is 24.0. The molecule has 0 saturated carbocycles. The molecule has 1 aliphatic carbocycles. The molecule has 1 saturated heterocycles. The molecule has 2 heterocycles. The summed E-state index contributed by atoms with van der Waals surface area (Å²) in [6.45, 7) is 0. The molecule has 0 spiro atoms. The van der Waals surface area contributed by atoms with Crippen LogP contribution in [0, 0.1) is 0 Å². The Morgan fingerprint density at radius 3 is 2.59 bits per heavy atom. The van der Waals surface area contributed by atoms with Gasteiger partial charge in [-0.15, -0.1) is 0 Å². The van der Waals surface area contributed by atoms with Crippen LogP contribution in [0.4, 0.5) is 10.5 Å². The van der Waals surface area contributed by atoms with Gasteiger partial charge >= 0.3 is 6.03 Å². The van der Waals surface area contributed by atoms with E-state index in [2.05, 4.69) is 4.99 Å². The van der Waals surface area contributed by atoms with Crippen LogP contribution in [0.25, 0.3) is 0 Å². The van der Waals surface area contributed by atoms with Crippen molar-refractivity contribution in [3.05, 3.63) is 40.7 Å². The van der Waals surface area contributed by atoms with Crippen molar-refractivity contribution >= 4 is 35.4 Å². The Bertz CT molecular complexity index is 723. The number of halogens is 1. The number of hydrogen-bond acceptors (Lipinski definition) is 3. The van der Waals surface area contributed by atoms with E-state index in [0.717, 1.165) is 37.1 Å². The number of fused-ring (bicyclic) bond motifs is 2. The first-order chi connectivity index (χ1) is 10.7. The lowest BCUT2D eigenvalue weighted by Gasteiger charge is -2.30. The molecule has 1 atom stereocenters. The second kappa shape index (κ2) is 4.95. The van der Waals surface area contributed by atoms with E-state index in [0.29, 0.717) is 10.7 Å². The van der Waals surface area contributed by atoms with Crippen molar-refractivity contribution in [1.82, 2.24) is 4.90 Å². The lowest BCUT2D eigenvalue weighted by Crippen LogP contribution is -2.39. The maximum Gasteiger partial charge on any atom is 0.336 e. The summed E-state index contributed by atoms with van der Waals surface area (Å²) >= 11 is 5.88. The number of carbonyl (C=O) groups excluding carboxylic acids is 2. The molecule has 6 heteroatoms. The molecule has 3 aliphatic rings. The number of imide groups is 1. The van der Waals surface area contributed by atoms with Crippen molar-refractivity contribution in [3.8, 4) is 0 Å². The Labute approximate surface area is 132 Å². The standard InChI is InChI=1S/C16H14ClN3O2/c17-10-5-7-11(8-6-10)19-15(21)14-9-18-12-3-1-2-4-13(12)20(14)16(19)22/h5-9,14H,1-4H2. The third-order valence-corrected chi connectivity index (χ3v) is 4.56. The highest BCUT2D eigenvalue weighted by Gasteiger charge is 2.48. The molecule has 1 aromatic carbocycles. The van der Waals surface area contributed by atoms with E-state index in [1.165, 1.54) is 4.90 Å². The van der Waals surface area contributed by atoms with Crippen LogP contribution in [-0.4, -0.2) is 29.1 Å². The van der Waals surface area contributed by atoms with Gasteiger partial charge in [-0.05, 0) is 49.9 Å². The number of urea groups is 1. The summed E-state index contributed by atoms with van der Waals surface area (Å²) in [5, 5.41) is 0.569. The maximum absolute atomic E-state index is 12.8. The predicted molar refractivity (Wildman–Crippen MR) is 83.9 cm³/mol. The first-order valence-electron chi connectivity index (χ1n) is 7.36. The number of hydrogen-bond donors (Lipinski definition) is 0. The van der Waals surface area contributed by atoms with Crippen LogP contribution in [-0.2, 0) is 4.79 Å². The average Bonchev–Trinajstić information content (AvgIpc) is 2.80. The number of allylic oxidation sites excluding steroid dienone is 2. The van der Waals surface area contributed by atoms with Gasteiger partial charge in [0.25, 0.3) is 5.91 Å². The highest BCUT2D eigenvalue weighted by molar-refractivity contribution is 6.31. The van der Waals surface area contributed by atoms with Crippen molar-refractivity contribution in [3.63, 3.8) is 0 Å². The average molecular weight is 316 g/mol. The topological polar surface area (TPSA) is 53.0 Å². The largest absolute Gasteiger partial charge is 0.336 e. The summed E-state index contributed by atoms with van der Waals surface area (Å²) in [4.78, 5) is 32.7. The molecule has 0 N–H and O–H groups in total. The van der Waals surface area contributed by atoms with Gasteiger partial charge < -0.3 is 0 Å². The SMILES string of the molecule is O=C1C2C=NC3=C(CCCC3)N2C(=O)N1c1ccc(Cl)cc1. The van der Waals surface area contributed by atoms with Crippen LogP contribution in [0.15, 0.2) is 40.7 Å². The first kappa shape index (κ1) is 13.5. The third-order valence-electron chi connectivity index (χ3n) is 4.31. The third kappa shape index (κ3) is 1.89. The van der Waals surface area contributed by atoms with Gasteiger partial charge in [-0.1, -0.05) is 11.6 Å². The van der Waals surface area contributed by atoms with Crippen LogP contribution in [0.2, 0.25) is 5.02 Å². The van der Waals surface area contributed by atoms with Gasteiger partial charge in [0, 0.05) is 16.9 Å². The van der Waals surface area contributed by atoms with Crippen LogP contribution >= 0.6 is 11.6 Å². The second-order valence-corrected chi connectivity index (χ2v) is 6.06. The van der Waals surface area contributed by atoms with Crippen molar-refractivity contribution in [2.75, 3.05) is 4.90 Å². The number of amides is 3. The highest BCUT2D eigenvalue weighted by Crippen LogP contribution is 2.37. The number of nitrogens with zero attached hydrogens (tertiary/aromatic N) is 3. The minimum absolute atomic E-state index is 0.256. The lowest BCUT2D eigenvalue weighted by molar-refractivity contribution is -0.117. The van der Waals surface area contributed by atoms with Gasteiger partial charge in [0.1, 0.15) is 0 Å². The summed E-state index contributed by atoms with van der Waals surface area (Å²) in [5.41, 5.74) is 2.40. The molecule has 0 bridgehead atoms. The molecular formula is C16H14ClN3O2. The van der Waals surface area contributed by atoms with Crippen LogP contribution in [0.3, 0.4) is 0 Å². The molecule has 3 amide bonds. The van der Waals surface area contributed by atoms with E-state index < -0.39 is 6.04 Å². The second-order valence-electron chi connectivity index (χ2n) is 5.63. The van der Waals surface area contributed by atoms with Gasteiger partial charge in [-0.3, -0.25) is 14.7 Å². The van der Waals surface area contributed by atoms with E-state index >= 15 is 0 Å². The molecule has 1 aromatic rings. The van der Waals surface area contributed by atoms with Gasteiger partial charge in [0.05, 0.1) is 11.4 Å². The molecule has 1 unspecified atom stereocenters. The summed E-state index contributed by atoms with van der Waals surface area (Å²) in [5.74, 6) is -0.256. The summed E-state index contributed by atoms with van der Waals surface area (Å²) < 4.78 is 0. The Balaban J connectivity index is 1.75. The van der Waals surface area contributed by atoms with Crippen molar-refractivity contribution in [2.45, 2.75) is 31.7 Å². The molecule has 2 aliphatic heterocycles. The molecule has 4 rings (SSSR count). The van der Waals surface area contributed by atoms with E-state index in [1.54, 1.807) is 35.4 Å². The number of benzene rings is 1. The smallest absolute Gasteiger partial charge is 0.278 e. The van der Waals surface area contributed by atoms with Crippen LogP contribution in [0.5, 0.6) is 0 Å². The molecule has 0 aromatic heterocycles. The molecular weight excluding hydrogens is 302 g/mol. The van der Waals surface area contributed by atoms with Crippen LogP contribution in [0.1, 0.15) is 25.7 Å². The van der Waals surface area contributed by atoms with E-state index in [-0.39, 0.29) is 11.9 Å². The van der Waals surface area contributed by atoms with E-state index in [1.807, 2.05) is 0 Å². The number of carbonyl (C=O) groups is 2. The molecule has 0 radical (unpaired) electrons. The van der Waals surface area contributed by atoms with Crippen LogP contribution < -0.4 is 4.90 Å². The van der Waals surface area contributed by atoms with Gasteiger partial charge in [-0.25, -0.2) is 9.69 Å². The van der Waals surface area contributed by atoms with Gasteiger partial charge in [0.15, 0.2) is 6.04 Å². The minimum atomic E-state index is -0.611. The van der Waals surface area contributed by atoms with Gasteiger partial charge in [-0.2, -0.15) is 0 Å². The number of rotatable bonds is 1. The quantitative estimate of drug-likeness (QED) is 0.746. The first-order valence-corrected chi connectivity index (χ1v) is 7.73. The zero-order valence-electron chi connectivity index (χ0n) is 11.8.